The third-order valence-electron chi connectivity index (χ3n) is 3.78. The van der Waals surface area contributed by atoms with Gasteiger partial charge < -0.3 is 9.63 Å². The second-order valence-corrected chi connectivity index (χ2v) is 5.50. The number of hydrogen-bond acceptors (Lipinski definition) is 3. The highest BCUT2D eigenvalue weighted by molar-refractivity contribution is 6.30. The Kier molecular flexibility index (Phi) is 3.49. The molecule has 0 spiro atoms. The summed E-state index contributed by atoms with van der Waals surface area (Å²) >= 11 is 5.85. The van der Waals surface area contributed by atoms with Crippen LogP contribution in [-0.4, -0.2) is 16.2 Å². The van der Waals surface area contributed by atoms with Gasteiger partial charge in [-0.1, -0.05) is 41.7 Å². The molecule has 0 amide bonds. The normalized spacial score (nSPS) is 15.7. The Morgan fingerprint density at radius 1 is 1.25 bits per heavy atom. The number of carboxylic acid groups (broad SMARTS) is 1. The molecule has 104 valence electrons. The largest absolute Gasteiger partial charge is 0.477 e. The Morgan fingerprint density at radius 3 is 2.50 bits per heavy atom. The van der Waals surface area contributed by atoms with Crippen LogP contribution in [0.15, 0.2) is 28.8 Å². The topological polar surface area (TPSA) is 63.3 Å². The van der Waals surface area contributed by atoms with Crippen molar-refractivity contribution < 1.29 is 14.4 Å². The Hall–Kier alpha value is -1.81. The number of aromatic nitrogens is 1. The van der Waals surface area contributed by atoms with Crippen LogP contribution in [0.5, 0.6) is 0 Å². The summed E-state index contributed by atoms with van der Waals surface area (Å²) in [5.74, 6) is -0.298. The summed E-state index contributed by atoms with van der Waals surface area (Å²) in [5.41, 5.74) is 1.29. The number of carboxylic acids is 1. The Labute approximate surface area is 121 Å². The molecule has 1 aromatic carbocycles. The smallest absolute Gasteiger partial charge is 0.341 e. The molecule has 0 atom stereocenters. The standard InChI is InChI=1S/C15H14ClNO3/c16-11-7-5-9(6-8-11)13-12(15(18)19)14(20-17-13)10-3-1-2-4-10/h5-8,10H,1-4H2,(H,18,19). The average Bonchev–Trinajstić information content (AvgIpc) is 3.08. The van der Waals surface area contributed by atoms with E-state index in [-0.39, 0.29) is 11.5 Å². The van der Waals surface area contributed by atoms with Gasteiger partial charge in [0.25, 0.3) is 0 Å². The van der Waals surface area contributed by atoms with Gasteiger partial charge in [-0.15, -0.1) is 0 Å². The minimum atomic E-state index is -0.988. The molecular formula is C15H14ClNO3. The molecule has 0 bridgehead atoms. The van der Waals surface area contributed by atoms with Gasteiger partial charge in [-0.2, -0.15) is 0 Å². The number of nitrogens with zero attached hydrogens (tertiary/aromatic N) is 1. The zero-order chi connectivity index (χ0) is 14.1. The molecule has 1 aromatic heterocycles. The molecule has 4 nitrogen and oxygen atoms in total. The van der Waals surface area contributed by atoms with Gasteiger partial charge in [0.1, 0.15) is 11.3 Å². The zero-order valence-electron chi connectivity index (χ0n) is 10.8. The maximum atomic E-state index is 11.6. The van der Waals surface area contributed by atoms with Gasteiger partial charge in [0, 0.05) is 16.5 Å². The van der Waals surface area contributed by atoms with Gasteiger partial charge in [0.05, 0.1) is 0 Å². The monoisotopic (exact) mass is 291 g/mol. The van der Waals surface area contributed by atoms with Crippen LogP contribution in [0.1, 0.15) is 47.7 Å². The SMILES string of the molecule is O=C(O)c1c(-c2ccc(Cl)cc2)noc1C1CCCC1. The van der Waals surface area contributed by atoms with Crippen molar-refractivity contribution in [3.8, 4) is 11.3 Å². The van der Waals surface area contributed by atoms with Crippen molar-refractivity contribution in [2.24, 2.45) is 0 Å². The van der Waals surface area contributed by atoms with E-state index in [4.69, 9.17) is 16.1 Å². The second-order valence-electron chi connectivity index (χ2n) is 5.06. The van der Waals surface area contributed by atoms with Crippen LogP contribution in [0.2, 0.25) is 5.02 Å². The van der Waals surface area contributed by atoms with Crippen LogP contribution in [0.4, 0.5) is 0 Å². The lowest BCUT2D eigenvalue weighted by atomic mass is 9.97. The van der Waals surface area contributed by atoms with Crippen LogP contribution in [0.25, 0.3) is 11.3 Å². The minimum absolute atomic E-state index is 0.176. The summed E-state index contributed by atoms with van der Waals surface area (Å²) in [7, 11) is 0. The van der Waals surface area contributed by atoms with Crippen LogP contribution in [0.3, 0.4) is 0 Å². The van der Waals surface area contributed by atoms with E-state index in [1.54, 1.807) is 24.3 Å². The third kappa shape index (κ3) is 2.31. The Balaban J connectivity index is 2.07. The van der Waals surface area contributed by atoms with Gasteiger partial charge in [0.15, 0.2) is 5.76 Å². The lowest BCUT2D eigenvalue weighted by Crippen LogP contribution is -2.04. The van der Waals surface area contributed by atoms with E-state index in [0.717, 1.165) is 25.7 Å². The summed E-state index contributed by atoms with van der Waals surface area (Å²) in [6.07, 6.45) is 4.16. The van der Waals surface area contributed by atoms with Crippen LogP contribution < -0.4 is 0 Å². The number of carbonyl (C=O) groups is 1. The molecule has 0 unspecified atom stereocenters. The highest BCUT2D eigenvalue weighted by atomic mass is 35.5. The van der Waals surface area contributed by atoms with Gasteiger partial charge >= 0.3 is 5.97 Å². The first-order valence-electron chi connectivity index (χ1n) is 6.65. The Morgan fingerprint density at radius 2 is 1.90 bits per heavy atom. The number of rotatable bonds is 3. The predicted molar refractivity (Wildman–Crippen MR) is 75.1 cm³/mol. The second kappa shape index (κ2) is 5.29. The predicted octanol–water partition coefficient (Wildman–Crippen LogP) is 4.35. The molecule has 2 aromatic rings. The maximum absolute atomic E-state index is 11.6. The summed E-state index contributed by atoms with van der Waals surface area (Å²) < 4.78 is 5.36. The number of halogens is 1. The van der Waals surface area contributed by atoms with E-state index in [1.807, 2.05) is 0 Å². The maximum Gasteiger partial charge on any atom is 0.341 e. The van der Waals surface area contributed by atoms with E-state index in [9.17, 15) is 9.90 Å². The highest BCUT2D eigenvalue weighted by Gasteiger charge is 2.30. The highest BCUT2D eigenvalue weighted by Crippen LogP contribution is 2.39. The van der Waals surface area contributed by atoms with E-state index in [2.05, 4.69) is 5.16 Å². The van der Waals surface area contributed by atoms with Crippen LogP contribution >= 0.6 is 11.6 Å². The van der Waals surface area contributed by atoms with Gasteiger partial charge in [0.2, 0.25) is 0 Å². The molecule has 1 fully saturated rings. The molecule has 1 heterocycles. The average molecular weight is 292 g/mol. The molecular weight excluding hydrogens is 278 g/mol. The first-order chi connectivity index (χ1) is 9.66. The Bertz CT molecular complexity index is 627. The fourth-order valence-electron chi connectivity index (χ4n) is 2.78. The van der Waals surface area contributed by atoms with Crippen molar-refractivity contribution in [2.75, 3.05) is 0 Å². The lowest BCUT2D eigenvalue weighted by Gasteiger charge is -2.05. The summed E-state index contributed by atoms with van der Waals surface area (Å²) in [5, 5.41) is 14.1. The first-order valence-corrected chi connectivity index (χ1v) is 7.03. The zero-order valence-corrected chi connectivity index (χ0v) is 11.6. The van der Waals surface area contributed by atoms with Gasteiger partial charge in [-0.3, -0.25) is 0 Å². The van der Waals surface area contributed by atoms with Crippen molar-refractivity contribution in [2.45, 2.75) is 31.6 Å². The molecule has 0 saturated heterocycles. The van der Waals surface area contributed by atoms with E-state index in [1.165, 1.54) is 0 Å². The number of hydrogen-bond donors (Lipinski definition) is 1. The first kappa shape index (κ1) is 13.2. The molecule has 0 aliphatic heterocycles. The fraction of sp³-hybridized carbons (Fsp3) is 0.333. The third-order valence-corrected chi connectivity index (χ3v) is 4.03. The molecule has 3 rings (SSSR count). The van der Waals surface area contributed by atoms with Crippen molar-refractivity contribution >= 4 is 17.6 Å². The number of benzene rings is 1. The van der Waals surface area contributed by atoms with Crippen molar-refractivity contribution in [3.63, 3.8) is 0 Å². The minimum Gasteiger partial charge on any atom is -0.477 e. The molecule has 0 radical (unpaired) electrons. The molecule has 5 heteroatoms. The quantitative estimate of drug-likeness (QED) is 0.913. The summed E-state index contributed by atoms with van der Waals surface area (Å²) in [4.78, 5) is 11.6. The molecule has 1 aliphatic rings. The molecule has 1 aliphatic carbocycles. The van der Waals surface area contributed by atoms with E-state index < -0.39 is 5.97 Å². The van der Waals surface area contributed by atoms with Crippen molar-refractivity contribution in [1.29, 1.82) is 0 Å². The molecule has 1 saturated carbocycles. The van der Waals surface area contributed by atoms with E-state index in [0.29, 0.717) is 22.0 Å². The van der Waals surface area contributed by atoms with E-state index >= 15 is 0 Å². The molecule has 1 N–H and O–H groups in total. The summed E-state index contributed by atoms with van der Waals surface area (Å²) in [6, 6.07) is 6.94. The van der Waals surface area contributed by atoms with Crippen LogP contribution in [0, 0.1) is 0 Å². The lowest BCUT2D eigenvalue weighted by molar-refractivity contribution is 0.0694. The summed E-state index contributed by atoms with van der Waals surface area (Å²) in [6.45, 7) is 0. The van der Waals surface area contributed by atoms with Gasteiger partial charge in [-0.25, -0.2) is 4.79 Å². The molecule has 20 heavy (non-hydrogen) atoms. The van der Waals surface area contributed by atoms with Crippen molar-refractivity contribution in [1.82, 2.24) is 5.16 Å². The van der Waals surface area contributed by atoms with Crippen LogP contribution in [-0.2, 0) is 0 Å². The van der Waals surface area contributed by atoms with Crippen molar-refractivity contribution in [3.05, 3.63) is 40.6 Å². The number of aromatic carboxylic acids is 1. The fourth-order valence-corrected chi connectivity index (χ4v) is 2.91. The van der Waals surface area contributed by atoms with Gasteiger partial charge in [-0.05, 0) is 25.0 Å².